The number of aromatic amines is 1. The summed E-state index contributed by atoms with van der Waals surface area (Å²) < 4.78 is 0. The number of hydrogen-bond donors (Lipinski definition) is 2. The van der Waals surface area contributed by atoms with E-state index in [0.717, 1.165) is 40.0 Å². The van der Waals surface area contributed by atoms with Gasteiger partial charge in [0.05, 0.1) is 5.02 Å². The van der Waals surface area contributed by atoms with Crippen LogP contribution in [0.3, 0.4) is 0 Å². The average Bonchev–Trinajstić information content (AvgIpc) is 2.77. The third-order valence-corrected chi connectivity index (χ3v) is 5.31. The second-order valence-electron chi connectivity index (χ2n) is 6.31. The number of halogens is 1. The van der Waals surface area contributed by atoms with Gasteiger partial charge < -0.3 is 10.3 Å². The Morgan fingerprint density at radius 2 is 2.00 bits per heavy atom. The molecular formula is C17H23ClN2. The highest BCUT2D eigenvalue weighted by atomic mass is 35.5. The molecule has 108 valence electrons. The fourth-order valence-electron chi connectivity index (χ4n) is 3.26. The van der Waals surface area contributed by atoms with Crippen molar-refractivity contribution in [3.63, 3.8) is 0 Å². The molecule has 1 aromatic heterocycles. The molecule has 0 amide bonds. The first-order valence-electron chi connectivity index (χ1n) is 7.63. The lowest BCUT2D eigenvalue weighted by molar-refractivity contribution is 0.225. The highest BCUT2D eigenvalue weighted by Gasteiger charge is 2.24. The average molecular weight is 291 g/mol. The molecular weight excluding hydrogens is 268 g/mol. The monoisotopic (exact) mass is 290 g/mol. The van der Waals surface area contributed by atoms with Gasteiger partial charge in [-0.05, 0) is 37.2 Å². The minimum absolute atomic E-state index is 0.628. The van der Waals surface area contributed by atoms with E-state index in [4.69, 9.17) is 11.6 Å². The van der Waals surface area contributed by atoms with Crippen LogP contribution >= 0.6 is 11.6 Å². The highest BCUT2D eigenvalue weighted by Crippen LogP contribution is 2.30. The zero-order chi connectivity index (χ0) is 14.1. The Morgan fingerprint density at radius 3 is 2.75 bits per heavy atom. The normalized spacial score (nSPS) is 27.1. The Bertz CT molecular complexity index is 590. The van der Waals surface area contributed by atoms with E-state index in [-0.39, 0.29) is 0 Å². The van der Waals surface area contributed by atoms with Gasteiger partial charge in [-0.2, -0.15) is 0 Å². The summed E-state index contributed by atoms with van der Waals surface area (Å²) in [6.07, 6.45) is 3.89. The molecule has 20 heavy (non-hydrogen) atoms. The number of benzene rings is 1. The minimum Gasteiger partial charge on any atom is -0.356 e. The summed E-state index contributed by atoms with van der Waals surface area (Å²) in [5, 5.41) is 5.66. The van der Waals surface area contributed by atoms with E-state index in [9.17, 15) is 0 Å². The van der Waals surface area contributed by atoms with Crippen molar-refractivity contribution >= 4 is 22.5 Å². The molecule has 3 atom stereocenters. The number of rotatable bonds is 3. The summed E-state index contributed by atoms with van der Waals surface area (Å²) in [7, 11) is 0. The van der Waals surface area contributed by atoms with Gasteiger partial charge in [0.2, 0.25) is 0 Å². The number of H-pyrrole nitrogens is 1. The van der Waals surface area contributed by atoms with Crippen LogP contribution in [0, 0.1) is 11.8 Å². The third kappa shape index (κ3) is 2.72. The summed E-state index contributed by atoms with van der Waals surface area (Å²) in [5.74, 6) is 1.68. The first kappa shape index (κ1) is 14.0. The van der Waals surface area contributed by atoms with Crippen molar-refractivity contribution in [1.29, 1.82) is 0 Å². The predicted molar refractivity (Wildman–Crippen MR) is 86.1 cm³/mol. The molecule has 0 saturated heterocycles. The number of nitrogens with one attached hydrogen (secondary N) is 2. The Kier molecular flexibility index (Phi) is 4.04. The number of aromatic nitrogens is 1. The zero-order valence-corrected chi connectivity index (χ0v) is 13.0. The zero-order valence-electron chi connectivity index (χ0n) is 12.2. The third-order valence-electron chi connectivity index (χ3n) is 4.88. The molecule has 1 heterocycles. The maximum Gasteiger partial charge on any atom is 0.0705 e. The van der Waals surface area contributed by atoms with E-state index in [1.807, 2.05) is 12.1 Å². The van der Waals surface area contributed by atoms with Crippen LogP contribution < -0.4 is 5.32 Å². The summed E-state index contributed by atoms with van der Waals surface area (Å²) in [5.41, 5.74) is 2.24. The first-order valence-corrected chi connectivity index (χ1v) is 8.01. The van der Waals surface area contributed by atoms with E-state index in [0.29, 0.717) is 6.04 Å². The molecule has 0 bridgehead atoms. The van der Waals surface area contributed by atoms with E-state index >= 15 is 0 Å². The molecule has 3 heteroatoms. The predicted octanol–water partition coefficient (Wildman–Crippen LogP) is 4.74. The van der Waals surface area contributed by atoms with E-state index in [1.165, 1.54) is 19.3 Å². The number of fused-ring (bicyclic) bond motifs is 1. The Hall–Kier alpha value is -0.990. The van der Waals surface area contributed by atoms with Gasteiger partial charge >= 0.3 is 0 Å². The van der Waals surface area contributed by atoms with Gasteiger partial charge in [0, 0.05) is 29.2 Å². The summed E-state index contributed by atoms with van der Waals surface area (Å²) >= 11 is 6.46. The lowest BCUT2D eigenvalue weighted by Gasteiger charge is -2.32. The van der Waals surface area contributed by atoms with Crippen molar-refractivity contribution in [2.75, 3.05) is 0 Å². The minimum atomic E-state index is 0.628. The molecule has 2 N–H and O–H groups in total. The molecule has 0 spiro atoms. The Morgan fingerprint density at radius 1 is 1.20 bits per heavy atom. The van der Waals surface area contributed by atoms with Crippen molar-refractivity contribution in [3.8, 4) is 0 Å². The largest absolute Gasteiger partial charge is 0.356 e. The van der Waals surface area contributed by atoms with Gasteiger partial charge in [0.15, 0.2) is 0 Å². The van der Waals surface area contributed by atoms with Crippen LogP contribution in [0.1, 0.15) is 38.8 Å². The number of hydrogen-bond acceptors (Lipinski definition) is 1. The molecule has 2 aromatic rings. The molecule has 1 fully saturated rings. The fraction of sp³-hybridized carbons (Fsp3) is 0.529. The van der Waals surface area contributed by atoms with E-state index in [1.54, 1.807) is 0 Å². The van der Waals surface area contributed by atoms with Crippen molar-refractivity contribution in [3.05, 3.63) is 35.0 Å². The fourth-order valence-corrected chi connectivity index (χ4v) is 3.54. The molecule has 3 rings (SSSR count). The molecule has 1 saturated carbocycles. The molecule has 0 aliphatic heterocycles. The Labute approximate surface area is 125 Å². The molecule has 3 unspecified atom stereocenters. The van der Waals surface area contributed by atoms with Gasteiger partial charge in [-0.15, -0.1) is 0 Å². The highest BCUT2D eigenvalue weighted by molar-refractivity contribution is 6.36. The van der Waals surface area contributed by atoms with Gasteiger partial charge in [-0.3, -0.25) is 0 Å². The standard InChI is InChI=1S/C17H23ClN2/c1-11-7-8-13(9-12(11)2)19-10-16-17(18)14-5-3-4-6-15(14)20-16/h3-6,11-13,19-20H,7-10H2,1-2H3. The quantitative estimate of drug-likeness (QED) is 0.840. The topological polar surface area (TPSA) is 27.8 Å². The van der Waals surface area contributed by atoms with Gasteiger partial charge in [-0.1, -0.05) is 43.6 Å². The first-order chi connectivity index (χ1) is 9.65. The smallest absolute Gasteiger partial charge is 0.0705 e. The van der Waals surface area contributed by atoms with Crippen molar-refractivity contribution in [1.82, 2.24) is 10.3 Å². The van der Waals surface area contributed by atoms with Crippen LogP contribution in [0.25, 0.3) is 10.9 Å². The van der Waals surface area contributed by atoms with Crippen LogP contribution in [0.2, 0.25) is 5.02 Å². The van der Waals surface area contributed by atoms with Crippen LogP contribution in [-0.4, -0.2) is 11.0 Å². The van der Waals surface area contributed by atoms with E-state index < -0.39 is 0 Å². The second kappa shape index (κ2) is 5.79. The molecule has 1 aromatic carbocycles. The van der Waals surface area contributed by atoms with Crippen molar-refractivity contribution in [2.45, 2.75) is 45.7 Å². The molecule has 0 radical (unpaired) electrons. The molecule has 2 nitrogen and oxygen atoms in total. The summed E-state index contributed by atoms with van der Waals surface area (Å²) in [6, 6.07) is 8.85. The molecule has 1 aliphatic carbocycles. The van der Waals surface area contributed by atoms with E-state index in [2.05, 4.69) is 36.3 Å². The van der Waals surface area contributed by atoms with Gasteiger partial charge in [0.1, 0.15) is 0 Å². The SMILES string of the molecule is CC1CCC(NCc2[nH]c3ccccc3c2Cl)CC1C. The van der Waals surface area contributed by atoms with Crippen LogP contribution in [0.4, 0.5) is 0 Å². The maximum atomic E-state index is 6.46. The van der Waals surface area contributed by atoms with Crippen molar-refractivity contribution in [2.24, 2.45) is 11.8 Å². The van der Waals surface area contributed by atoms with Gasteiger partial charge in [0.25, 0.3) is 0 Å². The number of para-hydroxylation sites is 1. The molecule has 1 aliphatic rings. The lowest BCUT2D eigenvalue weighted by atomic mass is 9.79. The van der Waals surface area contributed by atoms with Gasteiger partial charge in [-0.25, -0.2) is 0 Å². The summed E-state index contributed by atoms with van der Waals surface area (Å²) in [6.45, 7) is 5.57. The van der Waals surface area contributed by atoms with Crippen molar-refractivity contribution < 1.29 is 0 Å². The van der Waals surface area contributed by atoms with Crippen LogP contribution in [0.5, 0.6) is 0 Å². The maximum absolute atomic E-state index is 6.46. The second-order valence-corrected chi connectivity index (χ2v) is 6.69. The van der Waals surface area contributed by atoms with Crippen LogP contribution in [-0.2, 0) is 6.54 Å². The van der Waals surface area contributed by atoms with Crippen LogP contribution in [0.15, 0.2) is 24.3 Å². The lowest BCUT2D eigenvalue weighted by Crippen LogP contribution is -2.35. The summed E-state index contributed by atoms with van der Waals surface area (Å²) in [4.78, 5) is 3.43. The Balaban J connectivity index is 1.67.